The van der Waals surface area contributed by atoms with E-state index in [1.54, 1.807) is 0 Å². The van der Waals surface area contributed by atoms with Gasteiger partial charge in [-0.3, -0.25) is 9.36 Å². The van der Waals surface area contributed by atoms with E-state index < -0.39 is 0 Å². The van der Waals surface area contributed by atoms with Gasteiger partial charge in [0.15, 0.2) is 11.5 Å². The molecule has 0 aliphatic heterocycles. The quantitative estimate of drug-likeness (QED) is 0.216. The van der Waals surface area contributed by atoms with Crippen molar-refractivity contribution in [3.8, 4) is 23.1 Å². The highest BCUT2D eigenvalue weighted by molar-refractivity contribution is 7.07. The molecule has 0 unspecified atom stereocenters. The van der Waals surface area contributed by atoms with Gasteiger partial charge in [0.1, 0.15) is 19.8 Å². The van der Waals surface area contributed by atoms with Crippen molar-refractivity contribution < 1.29 is 19.3 Å². The van der Waals surface area contributed by atoms with Crippen molar-refractivity contribution in [2.75, 3.05) is 0 Å². The van der Waals surface area contributed by atoms with Gasteiger partial charge in [-0.1, -0.05) is 102 Å². The van der Waals surface area contributed by atoms with Crippen LogP contribution in [0.25, 0.3) is 0 Å². The molecule has 7 heteroatoms. The smallest absolute Gasteiger partial charge is 0.310 e. The van der Waals surface area contributed by atoms with E-state index in [-0.39, 0.29) is 17.3 Å². The SMILES string of the molecule is O=c1scc(O)n1Cc1cc(OCc2ccccc2)c(OCc2ccccc2)c(OCc2ccccc2)c1. The highest BCUT2D eigenvalue weighted by Gasteiger charge is 2.18. The monoisotopic (exact) mass is 525 g/mol. The summed E-state index contributed by atoms with van der Waals surface area (Å²) in [6, 6.07) is 33.3. The summed E-state index contributed by atoms with van der Waals surface area (Å²) in [5.41, 5.74) is 3.75. The topological polar surface area (TPSA) is 69.9 Å². The van der Waals surface area contributed by atoms with E-state index in [0.717, 1.165) is 33.6 Å². The van der Waals surface area contributed by atoms with E-state index in [2.05, 4.69) is 0 Å². The third-order valence-electron chi connectivity index (χ3n) is 5.88. The Labute approximate surface area is 224 Å². The van der Waals surface area contributed by atoms with E-state index in [1.807, 2.05) is 103 Å². The van der Waals surface area contributed by atoms with Gasteiger partial charge in [0.25, 0.3) is 0 Å². The first kappa shape index (κ1) is 25.2. The Kier molecular flexibility index (Phi) is 8.06. The van der Waals surface area contributed by atoms with Gasteiger partial charge < -0.3 is 19.3 Å². The fourth-order valence-electron chi connectivity index (χ4n) is 3.93. The number of thiazole rings is 1. The van der Waals surface area contributed by atoms with E-state index in [0.29, 0.717) is 37.1 Å². The normalized spacial score (nSPS) is 10.7. The zero-order valence-electron chi connectivity index (χ0n) is 20.7. The molecule has 1 N–H and O–H groups in total. The molecule has 0 saturated carbocycles. The minimum absolute atomic E-state index is 0.0806. The lowest BCUT2D eigenvalue weighted by atomic mass is 10.1. The van der Waals surface area contributed by atoms with Gasteiger partial charge in [0.2, 0.25) is 11.6 Å². The minimum atomic E-state index is -0.245. The van der Waals surface area contributed by atoms with E-state index in [9.17, 15) is 9.90 Å². The van der Waals surface area contributed by atoms with Crippen molar-refractivity contribution in [3.63, 3.8) is 0 Å². The van der Waals surface area contributed by atoms with Gasteiger partial charge >= 0.3 is 4.87 Å². The molecule has 0 saturated heterocycles. The molecule has 38 heavy (non-hydrogen) atoms. The number of hydrogen-bond donors (Lipinski definition) is 1. The van der Waals surface area contributed by atoms with Crippen molar-refractivity contribution in [3.05, 3.63) is 140 Å². The summed E-state index contributed by atoms with van der Waals surface area (Å²) in [4.78, 5) is 12.1. The largest absolute Gasteiger partial charge is 0.494 e. The molecule has 1 aromatic heterocycles. The van der Waals surface area contributed by atoms with Gasteiger partial charge in [-0.05, 0) is 34.4 Å². The number of ether oxygens (including phenoxy) is 3. The number of aromatic hydroxyl groups is 1. The molecule has 1 heterocycles. The third-order valence-corrected chi connectivity index (χ3v) is 6.63. The highest BCUT2D eigenvalue weighted by Crippen LogP contribution is 2.41. The Morgan fingerprint density at radius 3 is 1.50 bits per heavy atom. The first-order valence-corrected chi connectivity index (χ1v) is 13.1. The molecule has 0 aliphatic carbocycles. The maximum Gasteiger partial charge on any atom is 0.310 e. The fourth-order valence-corrected chi connectivity index (χ4v) is 4.55. The van der Waals surface area contributed by atoms with Crippen LogP contribution >= 0.6 is 11.3 Å². The van der Waals surface area contributed by atoms with Crippen LogP contribution in [0.2, 0.25) is 0 Å². The fraction of sp³-hybridized carbons (Fsp3) is 0.129. The standard InChI is InChI=1S/C31H27NO5S/c33-29-22-38-31(34)32(29)18-26-16-27(35-19-23-10-4-1-5-11-23)30(37-21-25-14-8-3-9-15-25)28(17-26)36-20-24-12-6-2-7-13-24/h1-17,22,33H,18-21H2. The lowest BCUT2D eigenvalue weighted by molar-refractivity contribution is 0.229. The second-order valence-electron chi connectivity index (χ2n) is 8.69. The van der Waals surface area contributed by atoms with E-state index in [4.69, 9.17) is 14.2 Å². The van der Waals surface area contributed by atoms with Crippen molar-refractivity contribution in [1.29, 1.82) is 0 Å². The Bertz CT molecular complexity index is 1450. The number of aromatic nitrogens is 1. The van der Waals surface area contributed by atoms with Crippen LogP contribution < -0.4 is 19.1 Å². The van der Waals surface area contributed by atoms with Crippen molar-refractivity contribution >= 4 is 11.3 Å². The number of rotatable bonds is 11. The van der Waals surface area contributed by atoms with Gasteiger partial charge in [-0.15, -0.1) is 0 Å². The third kappa shape index (κ3) is 6.44. The average Bonchev–Trinajstić information content (AvgIpc) is 3.28. The predicted molar refractivity (Wildman–Crippen MR) is 148 cm³/mol. The van der Waals surface area contributed by atoms with E-state index >= 15 is 0 Å². The van der Waals surface area contributed by atoms with Crippen LogP contribution in [-0.4, -0.2) is 9.67 Å². The van der Waals surface area contributed by atoms with Crippen molar-refractivity contribution in [1.82, 2.24) is 4.57 Å². The van der Waals surface area contributed by atoms with Gasteiger partial charge in [-0.2, -0.15) is 0 Å². The van der Waals surface area contributed by atoms with Crippen LogP contribution in [-0.2, 0) is 26.4 Å². The highest BCUT2D eigenvalue weighted by atomic mass is 32.1. The molecule has 192 valence electrons. The van der Waals surface area contributed by atoms with Crippen LogP contribution in [0.3, 0.4) is 0 Å². The van der Waals surface area contributed by atoms with Crippen LogP contribution in [0.5, 0.6) is 23.1 Å². The summed E-state index contributed by atoms with van der Waals surface area (Å²) in [6.45, 7) is 1.15. The molecule has 0 aliphatic rings. The zero-order valence-corrected chi connectivity index (χ0v) is 21.5. The molecule has 0 bridgehead atoms. The first-order chi connectivity index (χ1) is 18.7. The van der Waals surface area contributed by atoms with Crippen LogP contribution in [0.4, 0.5) is 0 Å². The lowest BCUT2D eigenvalue weighted by Crippen LogP contribution is -2.14. The van der Waals surface area contributed by atoms with Crippen molar-refractivity contribution in [2.45, 2.75) is 26.4 Å². The molecule has 4 aromatic carbocycles. The molecule has 0 spiro atoms. The summed E-state index contributed by atoms with van der Waals surface area (Å²) < 4.78 is 20.2. The zero-order chi connectivity index (χ0) is 26.2. The Hall–Kier alpha value is -4.49. The van der Waals surface area contributed by atoms with Crippen LogP contribution in [0, 0.1) is 0 Å². The maximum atomic E-state index is 12.3. The van der Waals surface area contributed by atoms with Gasteiger partial charge in [0, 0.05) is 0 Å². The van der Waals surface area contributed by atoms with Crippen molar-refractivity contribution in [2.24, 2.45) is 0 Å². The first-order valence-electron chi connectivity index (χ1n) is 12.2. The van der Waals surface area contributed by atoms with Gasteiger partial charge in [-0.25, -0.2) is 0 Å². The van der Waals surface area contributed by atoms with Crippen LogP contribution in [0.1, 0.15) is 22.3 Å². The average molecular weight is 526 g/mol. The molecule has 0 amide bonds. The molecular weight excluding hydrogens is 498 g/mol. The second kappa shape index (κ2) is 12.2. The predicted octanol–water partition coefficient (Wildman–Crippen LogP) is 6.40. The van der Waals surface area contributed by atoms with E-state index in [1.165, 1.54) is 9.95 Å². The summed E-state index contributed by atoms with van der Waals surface area (Å²) in [5, 5.41) is 11.6. The van der Waals surface area contributed by atoms with Crippen LogP contribution in [0.15, 0.2) is 113 Å². The molecule has 0 radical (unpaired) electrons. The number of benzene rings is 4. The molecule has 0 fully saturated rings. The molecule has 5 rings (SSSR count). The maximum absolute atomic E-state index is 12.3. The van der Waals surface area contributed by atoms with Gasteiger partial charge in [0.05, 0.1) is 11.9 Å². The lowest BCUT2D eigenvalue weighted by Gasteiger charge is -2.19. The Morgan fingerprint density at radius 1 is 0.632 bits per heavy atom. The molecule has 0 atom stereocenters. The summed E-state index contributed by atoms with van der Waals surface area (Å²) in [7, 11) is 0. The summed E-state index contributed by atoms with van der Waals surface area (Å²) >= 11 is 0.953. The molecular formula is C31H27NO5S. The number of hydrogen-bond acceptors (Lipinski definition) is 6. The molecule has 6 nitrogen and oxygen atoms in total. The molecule has 5 aromatic rings. The summed E-state index contributed by atoms with van der Waals surface area (Å²) in [6.07, 6.45) is 0. The minimum Gasteiger partial charge on any atom is -0.494 e. The number of nitrogens with zero attached hydrogens (tertiary/aromatic N) is 1. The summed E-state index contributed by atoms with van der Waals surface area (Å²) in [5.74, 6) is 1.38. The Morgan fingerprint density at radius 2 is 1.08 bits per heavy atom. The Balaban J connectivity index is 1.51. The second-order valence-corrected chi connectivity index (χ2v) is 9.51.